The predicted octanol–water partition coefficient (Wildman–Crippen LogP) is 2.24. The van der Waals surface area contributed by atoms with Crippen molar-refractivity contribution in [3.05, 3.63) is 24.2 Å². The van der Waals surface area contributed by atoms with Crippen LogP contribution in [0.1, 0.15) is 31.4 Å². The van der Waals surface area contributed by atoms with Crippen molar-refractivity contribution in [2.75, 3.05) is 13.6 Å². The molecule has 17 heavy (non-hydrogen) atoms. The van der Waals surface area contributed by atoms with Crippen molar-refractivity contribution in [1.29, 1.82) is 0 Å². The van der Waals surface area contributed by atoms with Gasteiger partial charge in [-0.25, -0.2) is 0 Å². The summed E-state index contributed by atoms with van der Waals surface area (Å²) in [5.41, 5.74) is 0. The predicted molar refractivity (Wildman–Crippen MR) is 67.7 cm³/mol. The Balaban J connectivity index is 1.44. The van der Waals surface area contributed by atoms with E-state index in [1.807, 2.05) is 12.1 Å². The van der Waals surface area contributed by atoms with Crippen LogP contribution in [0, 0.1) is 5.92 Å². The van der Waals surface area contributed by atoms with Gasteiger partial charge in [-0.05, 0) is 57.3 Å². The second kappa shape index (κ2) is 4.83. The van der Waals surface area contributed by atoms with E-state index in [0.717, 1.165) is 36.9 Å². The van der Waals surface area contributed by atoms with E-state index in [-0.39, 0.29) is 0 Å². The minimum absolute atomic E-state index is 0.851. The molecule has 3 nitrogen and oxygen atoms in total. The zero-order chi connectivity index (χ0) is 11.7. The fourth-order valence-corrected chi connectivity index (χ4v) is 3.50. The Labute approximate surface area is 103 Å². The van der Waals surface area contributed by atoms with Crippen LogP contribution >= 0.6 is 0 Å². The molecule has 0 aromatic carbocycles. The van der Waals surface area contributed by atoms with Crippen LogP contribution in [0.3, 0.4) is 0 Å². The van der Waals surface area contributed by atoms with Crippen molar-refractivity contribution < 1.29 is 4.42 Å². The monoisotopic (exact) mass is 234 g/mol. The molecule has 0 amide bonds. The first-order valence-electron chi connectivity index (χ1n) is 6.78. The second-order valence-corrected chi connectivity index (χ2v) is 5.60. The zero-order valence-corrected chi connectivity index (χ0v) is 10.6. The van der Waals surface area contributed by atoms with Crippen LogP contribution in [0.4, 0.5) is 0 Å². The van der Waals surface area contributed by atoms with Crippen LogP contribution in [-0.2, 0) is 6.54 Å². The van der Waals surface area contributed by atoms with E-state index in [2.05, 4.69) is 17.3 Å². The summed E-state index contributed by atoms with van der Waals surface area (Å²) >= 11 is 0. The summed E-state index contributed by atoms with van der Waals surface area (Å²) in [5.74, 6) is 1.90. The largest absolute Gasteiger partial charge is 0.468 e. The number of rotatable bonds is 4. The molecule has 0 saturated carbocycles. The van der Waals surface area contributed by atoms with Crippen LogP contribution in [0.2, 0.25) is 0 Å². The molecule has 0 spiro atoms. The highest BCUT2D eigenvalue weighted by Gasteiger charge is 2.37. The summed E-state index contributed by atoms with van der Waals surface area (Å²) in [4.78, 5) is 2.60. The molecule has 2 bridgehead atoms. The fraction of sp³-hybridized carbons (Fsp3) is 0.714. The Morgan fingerprint density at radius 3 is 2.76 bits per heavy atom. The molecule has 2 aliphatic rings. The molecular formula is C14H22N2O. The number of nitrogens with one attached hydrogen (secondary N) is 1. The molecule has 2 fully saturated rings. The lowest BCUT2D eigenvalue weighted by molar-refractivity contribution is 0.132. The molecule has 1 aromatic rings. The topological polar surface area (TPSA) is 28.4 Å². The lowest BCUT2D eigenvalue weighted by Gasteiger charge is -2.36. The molecule has 1 aromatic heterocycles. The number of hydrogen-bond acceptors (Lipinski definition) is 3. The molecule has 3 heterocycles. The van der Waals surface area contributed by atoms with Crippen molar-refractivity contribution >= 4 is 0 Å². The first kappa shape index (κ1) is 11.3. The van der Waals surface area contributed by atoms with Gasteiger partial charge in [-0.3, -0.25) is 0 Å². The first-order valence-corrected chi connectivity index (χ1v) is 6.78. The van der Waals surface area contributed by atoms with Gasteiger partial charge in [0.25, 0.3) is 0 Å². The third-order valence-electron chi connectivity index (χ3n) is 4.51. The van der Waals surface area contributed by atoms with Gasteiger partial charge in [-0.15, -0.1) is 0 Å². The Morgan fingerprint density at radius 2 is 2.12 bits per heavy atom. The Bertz CT molecular complexity index is 335. The minimum atomic E-state index is 0.851. The van der Waals surface area contributed by atoms with Gasteiger partial charge in [0.05, 0.1) is 12.8 Å². The zero-order valence-electron chi connectivity index (χ0n) is 10.6. The summed E-state index contributed by atoms with van der Waals surface area (Å²) in [5, 5.41) is 3.53. The maximum Gasteiger partial charge on any atom is 0.117 e. The summed E-state index contributed by atoms with van der Waals surface area (Å²) in [7, 11) is 2.30. The van der Waals surface area contributed by atoms with E-state index in [0.29, 0.717) is 0 Å². The van der Waals surface area contributed by atoms with E-state index >= 15 is 0 Å². The van der Waals surface area contributed by atoms with Gasteiger partial charge in [0, 0.05) is 12.1 Å². The van der Waals surface area contributed by atoms with Crippen LogP contribution in [-0.4, -0.2) is 30.6 Å². The van der Waals surface area contributed by atoms with Crippen molar-refractivity contribution in [3.8, 4) is 0 Å². The number of fused-ring (bicyclic) bond motifs is 2. The molecule has 3 heteroatoms. The molecule has 2 saturated heterocycles. The van der Waals surface area contributed by atoms with Crippen LogP contribution in [0.25, 0.3) is 0 Å². The van der Waals surface area contributed by atoms with E-state index in [9.17, 15) is 0 Å². The number of furan rings is 1. The molecule has 2 unspecified atom stereocenters. The van der Waals surface area contributed by atoms with Gasteiger partial charge in [0.2, 0.25) is 0 Å². The minimum Gasteiger partial charge on any atom is -0.468 e. The van der Waals surface area contributed by atoms with Crippen LogP contribution in [0.15, 0.2) is 22.8 Å². The van der Waals surface area contributed by atoms with Gasteiger partial charge in [-0.2, -0.15) is 0 Å². The van der Waals surface area contributed by atoms with E-state index in [4.69, 9.17) is 4.42 Å². The average Bonchev–Trinajstić information content (AvgIpc) is 2.87. The maximum atomic E-state index is 5.32. The van der Waals surface area contributed by atoms with Crippen molar-refractivity contribution in [1.82, 2.24) is 10.2 Å². The number of nitrogens with zero attached hydrogens (tertiary/aromatic N) is 1. The molecular weight excluding hydrogens is 212 g/mol. The number of hydrogen-bond donors (Lipinski definition) is 1. The lowest BCUT2D eigenvalue weighted by Crippen LogP contribution is -2.42. The highest BCUT2D eigenvalue weighted by Crippen LogP contribution is 2.36. The third-order valence-corrected chi connectivity index (χ3v) is 4.51. The summed E-state index contributed by atoms with van der Waals surface area (Å²) in [6, 6.07) is 5.69. The Morgan fingerprint density at radius 1 is 1.35 bits per heavy atom. The standard InChI is InChI=1S/C14H22N2O/c1-16-12-4-5-13(16)8-11(7-12)9-15-10-14-3-2-6-17-14/h2-3,6,11-13,15H,4-5,7-10H2,1H3. The molecule has 3 rings (SSSR count). The maximum absolute atomic E-state index is 5.32. The molecule has 0 radical (unpaired) electrons. The van der Waals surface area contributed by atoms with E-state index < -0.39 is 0 Å². The average molecular weight is 234 g/mol. The van der Waals surface area contributed by atoms with Gasteiger partial charge in [0.15, 0.2) is 0 Å². The summed E-state index contributed by atoms with van der Waals surface area (Å²) in [6.45, 7) is 2.01. The van der Waals surface area contributed by atoms with Crippen molar-refractivity contribution in [2.45, 2.75) is 44.3 Å². The van der Waals surface area contributed by atoms with Gasteiger partial charge >= 0.3 is 0 Å². The highest BCUT2D eigenvalue weighted by atomic mass is 16.3. The fourth-order valence-electron chi connectivity index (χ4n) is 3.50. The molecule has 1 N–H and O–H groups in total. The SMILES string of the molecule is CN1C2CCC1CC(CNCc1ccco1)C2. The normalized spacial score (nSPS) is 33.1. The number of piperidine rings is 1. The van der Waals surface area contributed by atoms with Crippen molar-refractivity contribution in [3.63, 3.8) is 0 Å². The van der Waals surface area contributed by atoms with E-state index in [1.165, 1.54) is 25.7 Å². The summed E-state index contributed by atoms with van der Waals surface area (Å²) < 4.78 is 5.32. The van der Waals surface area contributed by atoms with Crippen LogP contribution < -0.4 is 5.32 Å². The van der Waals surface area contributed by atoms with E-state index in [1.54, 1.807) is 6.26 Å². The summed E-state index contributed by atoms with van der Waals surface area (Å²) in [6.07, 6.45) is 7.31. The quantitative estimate of drug-likeness (QED) is 0.866. The molecule has 0 aliphatic carbocycles. The smallest absolute Gasteiger partial charge is 0.117 e. The Kier molecular flexibility index (Phi) is 3.21. The molecule has 94 valence electrons. The van der Waals surface area contributed by atoms with Gasteiger partial charge in [-0.1, -0.05) is 0 Å². The Hall–Kier alpha value is -0.800. The first-order chi connectivity index (χ1) is 8.33. The lowest BCUT2D eigenvalue weighted by atomic mass is 9.91. The molecule has 2 aliphatic heterocycles. The van der Waals surface area contributed by atoms with Gasteiger partial charge < -0.3 is 14.6 Å². The molecule has 2 atom stereocenters. The second-order valence-electron chi connectivity index (χ2n) is 5.60. The van der Waals surface area contributed by atoms with Crippen molar-refractivity contribution in [2.24, 2.45) is 5.92 Å². The third kappa shape index (κ3) is 2.40. The van der Waals surface area contributed by atoms with Gasteiger partial charge in [0.1, 0.15) is 5.76 Å². The van der Waals surface area contributed by atoms with Crippen LogP contribution in [0.5, 0.6) is 0 Å². The highest BCUT2D eigenvalue weighted by molar-refractivity contribution is 4.98.